The molecule has 126 valence electrons. The number of benzene rings is 1. The standard InChI is InChI=1S/C18H15N3O3S/c1-10(22)21-13-5-2-11(3-6-13)14-9-25-17-12(4-7-15(23)24)8-20-18(19)16(14)17/h2-9H,1H3,(H2,19,20)(H,21,22)(H,23,24)/p-1/b7-4+. The van der Waals surface area contributed by atoms with E-state index in [9.17, 15) is 14.7 Å². The molecular weight excluding hydrogens is 338 g/mol. The number of carboxylic acids is 1. The Morgan fingerprint density at radius 1 is 1.28 bits per heavy atom. The van der Waals surface area contributed by atoms with Gasteiger partial charge in [-0.15, -0.1) is 11.3 Å². The van der Waals surface area contributed by atoms with Gasteiger partial charge in [-0.05, 0) is 29.2 Å². The van der Waals surface area contributed by atoms with Crippen molar-refractivity contribution in [3.63, 3.8) is 0 Å². The van der Waals surface area contributed by atoms with Crippen LogP contribution < -0.4 is 16.2 Å². The van der Waals surface area contributed by atoms with Crippen LogP contribution in [0.15, 0.2) is 41.9 Å². The molecule has 3 aromatic rings. The average Bonchev–Trinajstić information content (AvgIpc) is 3.00. The highest BCUT2D eigenvalue weighted by Gasteiger charge is 2.13. The van der Waals surface area contributed by atoms with Crippen LogP contribution in [-0.4, -0.2) is 16.9 Å². The number of pyridine rings is 1. The van der Waals surface area contributed by atoms with Gasteiger partial charge in [-0.25, -0.2) is 4.98 Å². The zero-order chi connectivity index (χ0) is 18.0. The number of nitrogens with zero attached hydrogens (tertiary/aromatic N) is 1. The molecule has 0 spiro atoms. The smallest absolute Gasteiger partial charge is 0.221 e. The van der Waals surface area contributed by atoms with Gasteiger partial charge >= 0.3 is 0 Å². The van der Waals surface area contributed by atoms with Gasteiger partial charge in [0.1, 0.15) is 5.82 Å². The fourth-order valence-electron chi connectivity index (χ4n) is 2.51. The van der Waals surface area contributed by atoms with Crippen LogP contribution in [0.25, 0.3) is 27.3 Å². The van der Waals surface area contributed by atoms with Crippen molar-refractivity contribution in [2.75, 3.05) is 11.1 Å². The van der Waals surface area contributed by atoms with Crippen molar-refractivity contribution in [1.82, 2.24) is 4.98 Å². The molecule has 2 heterocycles. The molecule has 0 saturated carbocycles. The van der Waals surface area contributed by atoms with Crippen molar-refractivity contribution in [3.05, 3.63) is 47.5 Å². The van der Waals surface area contributed by atoms with E-state index in [1.807, 2.05) is 29.6 Å². The van der Waals surface area contributed by atoms with Gasteiger partial charge in [-0.2, -0.15) is 0 Å². The molecule has 0 unspecified atom stereocenters. The normalized spacial score (nSPS) is 11.1. The number of rotatable bonds is 4. The molecule has 0 bridgehead atoms. The average molecular weight is 352 g/mol. The fourth-order valence-corrected chi connectivity index (χ4v) is 3.59. The second kappa shape index (κ2) is 6.74. The Hall–Kier alpha value is -3.19. The van der Waals surface area contributed by atoms with Gasteiger partial charge in [-0.3, -0.25) is 4.79 Å². The van der Waals surface area contributed by atoms with Crippen LogP contribution in [0.3, 0.4) is 0 Å². The monoisotopic (exact) mass is 352 g/mol. The second-order valence-electron chi connectivity index (χ2n) is 5.36. The van der Waals surface area contributed by atoms with Crippen molar-refractivity contribution >= 4 is 50.9 Å². The lowest BCUT2D eigenvalue weighted by Crippen LogP contribution is -2.18. The summed E-state index contributed by atoms with van der Waals surface area (Å²) >= 11 is 1.46. The van der Waals surface area contributed by atoms with Gasteiger partial charge in [0.15, 0.2) is 0 Å². The van der Waals surface area contributed by atoms with Gasteiger partial charge in [0.25, 0.3) is 0 Å². The first kappa shape index (κ1) is 16.7. The summed E-state index contributed by atoms with van der Waals surface area (Å²) in [6, 6.07) is 7.39. The van der Waals surface area contributed by atoms with Crippen LogP contribution >= 0.6 is 11.3 Å². The lowest BCUT2D eigenvalue weighted by atomic mass is 10.0. The van der Waals surface area contributed by atoms with E-state index in [2.05, 4.69) is 10.3 Å². The quantitative estimate of drug-likeness (QED) is 0.700. The molecule has 1 aromatic carbocycles. The second-order valence-corrected chi connectivity index (χ2v) is 6.24. The topological polar surface area (TPSA) is 108 Å². The van der Waals surface area contributed by atoms with Crippen LogP contribution in [-0.2, 0) is 9.59 Å². The maximum absolute atomic E-state index is 11.1. The Kier molecular flexibility index (Phi) is 4.49. The molecule has 25 heavy (non-hydrogen) atoms. The van der Waals surface area contributed by atoms with E-state index in [0.29, 0.717) is 17.1 Å². The number of hydrogen-bond donors (Lipinski definition) is 2. The predicted molar refractivity (Wildman–Crippen MR) is 97.8 cm³/mol. The highest BCUT2D eigenvalue weighted by Crippen LogP contribution is 2.39. The Labute approximate surface area is 147 Å². The molecule has 2 aromatic heterocycles. The van der Waals surface area contributed by atoms with Crippen LogP contribution in [0.1, 0.15) is 12.5 Å². The highest BCUT2D eigenvalue weighted by atomic mass is 32.1. The van der Waals surface area contributed by atoms with Crippen molar-refractivity contribution in [3.8, 4) is 11.1 Å². The van der Waals surface area contributed by atoms with Crippen LogP contribution in [0.5, 0.6) is 0 Å². The first-order valence-corrected chi connectivity index (χ1v) is 8.26. The number of aromatic nitrogens is 1. The molecule has 0 radical (unpaired) electrons. The molecule has 7 heteroatoms. The van der Waals surface area contributed by atoms with E-state index in [1.54, 1.807) is 0 Å². The third kappa shape index (κ3) is 3.51. The Balaban J connectivity index is 2.07. The summed E-state index contributed by atoms with van der Waals surface area (Å²) < 4.78 is 0.853. The van der Waals surface area contributed by atoms with Crippen LogP contribution in [0.4, 0.5) is 11.5 Å². The number of aliphatic carboxylic acids is 1. The summed E-state index contributed by atoms with van der Waals surface area (Å²) in [4.78, 5) is 25.9. The minimum absolute atomic E-state index is 0.133. The Morgan fingerprint density at radius 2 is 2.00 bits per heavy atom. The predicted octanol–water partition coefficient (Wildman–Crippen LogP) is 2.27. The van der Waals surface area contributed by atoms with Gasteiger partial charge < -0.3 is 21.0 Å². The fraction of sp³-hybridized carbons (Fsp3) is 0.0556. The lowest BCUT2D eigenvalue weighted by Gasteiger charge is -2.06. The molecule has 0 aliphatic carbocycles. The van der Waals surface area contributed by atoms with Crippen molar-refractivity contribution < 1.29 is 14.7 Å². The first-order valence-electron chi connectivity index (χ1n) is 7.38. The van der Waals surface area contributed by atoms with Gasteiger partial charge in [-0.1, -0.05) is 18.2 Å². The Morgan fingerprint density at radius 3 is 2.64 bits per heavy atom. The minimum Gasteiger partial charge on any atom is -0.545 e. The Bertz CT molecular complexity index is 991. The number of nitrogen functional groups attached to an aromatic ring is 1. The number of amides is 1. The molecule has 0 aliphatic rings. The maximum Gasteiger partial charge on any atom is 0.221 e. The van der Waals surface area contributed by atoms with E-state index >= 15 is 0 Å². The number of carboxylic acid groups (broad SMARTS) is 1. The first-order chi connectivity index (χ1) is 12.0. The number of nitrogens with one attached hydrogen (secondary N) is 1. The minimum atomic E-state index is -1.27. The zero-order valence-electron chi connectivity index (χ0n) is 13.3. The van der Waals surface area contributed by atoms with Crippen molar-refractivity contribution in [1.29, 1.82) is 0 Å². The molecule has 1 amide bonds. The molecule has 0 fully saturated rings. The summed E-state index contributed by atoms with van der Waals surface area (Å²) in [5.41, 5.74) is 9.25. The van der Waals surface area contributed by atoms with E-state index in [-0.39, 0.29) is 5.91 Å². The maximum atomic E-state index is 11.1. The molecule has 0 saturated heterocycles. The number of carbonyl (C=O) groups is 2. The number of hydrogen-bond acceptors (Lipinski definition) is 6. The van der Waals surface area contributed by atoms with E-state index < -0.39 is 5.97 Å². The molecule has 6 nitrogen and oxygen atoms in total. The number of anilines is 2. The third-order valence-electron chi connectivity index (χ3n) is 3.57. The summed E-state index contributed by atoms with van der Waals surface area (Å²) in [5.74, 6) is -1.02. The molecule has 0 atom stereocenters. The SMILES string of the molecule is CC(=O)Nc1ccc(-c2csc3c(/C=C/C(=O)[O-])cnc(N)c23)cc1. The van der Waals surface area contributed by atoms with E-state index in [1.165, 1.54) is 30.5 Å². The summed E-state index contributed by atoms with van der Waals surface area (Å²) in [6.45, 7) is 1.45. The largest absolute Gasteiger partial charge is 0.545 e. The van der Waals surface area contributed by atoms with Crippen LogP contribution in [0, 0.1) is 0 Å². The van der Waals surface area contributed by atoms with E-state index in [0.717, 1.165) is 27.3 Å². The number of carbonyl (C=O) groups excluding carboxylic acids is 2. The van der Waals surface area contributed by atoms with Gasteiger partial charge in [0.2, 0.25) is 5.91 Å². The number of thiophene rings is 1. The number of nitrogens with two attached hydrogens (primary N) is 1. The molecule has 3 rings (SSSR count). The third-order valence-corrected chi connectivity index (χ3v) is 4.60. The van der Waals surface area contributed by atoms with E-state index in [4.69, 9.17) is 5.73 Å². The van der Waals surface area contributed by atoms with Gasteiger partial charge in [0, 0.05) is 40.0 Å². The molecule has 3 N–H and O–H groups in total. The highest BCUT2D eigenvalue weighted by molar-refractivity contribution is 7.18. The molecular formula is C18H14N3O3S-. The van der Waals surface area contributed by atoms with Crippen LogP contribution in [0.2, 0.25) is 0 Å². The van der Waals surface area contributed by atoms with Gasteiger partial charge in [0.05, 0.1) is 5.97 Å². The lowest BCUT2D eigenvalue weighted by molar-refractivity contribution is -0.297. The molecule has 0 aliphatic heterocycles. The summed E-state index contributed by atoms with van der Waals surface area (Å²) in [5, 5.41) is 16.1. The zero-order valence-corrected chi connectivity index (χ0v) is 14.1. The van der Waals surface area contributed by atoms with Crippen molar-refractivity contribution in [2.24, 2.45) is 0 Å². The number of fused-ring (bicyclic) bond motifs is 1. The van der Waals surface area contributed by atoms with Crippen molar-refractivity contribution in [2.45, 2.75) is 6.92 Å². The summed E-state index contributed by atoms with van der Waals surface area (Å²) in [7, 11) is 0. The summed E-state index contributed by atoms with van der Waals surface area (Å²) in [6.07, 6.45) is 3.95.